The van der Waals surface area contributed by atoms with Crippen molar-refractivity contribution >= 4 is 46.4 Å². The molecule has 2 aromatic rings. The quantitative estimate of drug-likeness (QED) is 0.854. The first-order valence-corrected chi connectivity index (χ1v) is 7.91. The van der Waals surface area contributed by atoms with Crippen molar-refractivity contribution in [2.24, 2.45) is 0 Å². The standard InChI is InChI=1S/C12H13ClN4OS2/c1-17(6-8-2-3-9(13)20-8)10(18)7-19-12-11(14)15-4-5-16-12/h2-5H,6-7H2,1H3,(H2,14,15). The molecule has 20 heavy (non-hydrogen) atoms. The SMILES string of the molecule is CN(Cc1ccc(Cl)s1)C(=O)CSc1nccnc1N. The lowest BCUT2D eigenvalue weighted by molar-refractivity contribution is -0.127. The van der Waals surface area contributed by atoms with Crippen molar-refractivity contribution in [3.63, 3.8) is 0 Å². The molecule has 0 fully saturated rings. The molecule has 0 aromatic carbocycles. The lowest BCUT2D eigenvalue weighted by Gasteiger charge is -2.15. The van der Waals surface area contributed by atoms with E-state index < -0.39 is 0 Å². The second kappa shape index (κ2) is 6.92. The molecule has 0 bridgehead atoms. The molecule has 0 unspecified atom stereocenters. The number of nitrogen functional groups attached to an aromatic ring is 1. The zero-order valence-electron chi connectivity index (χ0n) is 10.7. The van der Waals surface area contributed by atoms with Crippen LogP contribution in [0, 0.1) is 0 Å². The first-order chi connectivity index (χ1) is 9.56. The zero-order chi connectivity index (χ0) is 14.5. The van der Waals surface area contributed by atoms with E-state index in [0.717, 1.165) is 9.21 Å². The summed E-state index contributed by atoms with van der Waals surface area (Å²) in [5.74, 6) is 0.626. The topological polar surface area (TPSA) is 72.1 Å². The van der Waals surface area contributed by atoms with Crippen molar-refractivity contribution in [2.45, 2.75) is 11.6 Å². The van der Waals surface area contributed by atoms with Crippen molar-refractivity contribution in [1.29, 1.82) is 0 Å². The average Bonchev–Trinajstić information content (AvgIpc) is 2.82. The molecule has 0 aliphatic heterocycles. The summed E-state index contributed by atoms with van der Waals surface area (Å²) in [4.78, 5) is 22.7. The number of hydrogen-bond donors (Lipinski definition) is 1. The van der Waals surface area contributed by atoms with Gasteiger partial charge in [0, 0.05) is 24.3 Å². The van der Waals surface area contributed by atoms with Crippen LogP contribution in [0.1, 0.15) is 4.88 Å². The Morgan fingerprint density at radius 2 is 2.20 bits per heavy atom. The largest absolute Gasteiger partial charge is 0.381 e. The monoisotopic (exact) mass is 328 g/mol. The van der Waals surface area contributed by atoms with Crippen molar-refractivity contribution < 1.29 is 4.79 Å². The van der Waals surface area contributed by atoms with Gasteiger partial charge >= 0.3 is 0 Å². The van der Waals surface area contributed by atoms with Crippen LogP contribution in [-0.4, -0.2) is 33.6 Å². The number of aromatic nitrogens is 2. The van der Waals surface area contributed by atoms with Crippen molar-refractivity contribution in [3.8, 4) is 0 Å². The molecule has 8 heteroatoms. The van der Waals surface area contributed by atoms with Crippen LogP contribution in [0.3, 0.4) is 0 Å². The predicted molar refractivity (Wildman–Crippen MR) is 83.0 cm³/mol. The van der Waals surface area contributed by atoms with Gasteiger partial charge in [-0.3, -0.25) is 4.79 Å². The summed E-state index contributed by atoms with van der Waals surface area (Å²) in [7, 11) is 1.76. The fourth-order valence-electron chi connectivity index (χ4n) is 1.45. The van der Waals surface area contributed by atoms with Gasteiger partial charge in [0.1, 0.15) is 5.03 Å². The number of thioether (sulfide) groups is 1. The molecular formula is C12H13ClN4OS2. The molecule has 106 valence electrons. The molecule has 0 saturated heterocycles. The van der Waals surface area contributed by atoms with E-state index in [1.54, 1.807) is 18.1 Å². The Morgan fingerprint density at radius 1 is 1.45 bits per heavy atom. The number of halogens is 1. The average molecular weight is 329 g/mol. The molecular weight excluding hydrogens is 316 g/mol. The molecule has 2 N–H and O–H groups in total. The molecule has 1 amide bonds. The third-order valence-electron chi connectivity index (χ3n) is 2.47. The maximum absolute atomic E-state index is 12.0. The van der Waals surface area contributed by atoms with Crippen LogP contribution >= 0.6 is 34.7 Å². The van der Waals surface area contributed by atoms with E-state index in [9.17, 15) is 4.79 Å². The summed E-state index contributed by atoms with van der Waals surface area (Å²) in [5, 5.41) is 0.577. The van der Waals surface area contributed by atoms with E-state index in [2.05, 4.69) is 9.97 Å². The van der Waals surface area contributed by atoms with Crippen LogP contribution in [0.15, 0.2) is 29.6 Å². The van der Waals surface area contributed by atoms with Gasteiger partial charge in [0.25, 0.3) is 0 Å². The van der Waals surface area contributed by atoms with Gasteiger partial charge in [-0.05, 0) is 12.1 Å². The summed E-state index contributed by atoms with van der Waals surface area (Å²) in [6.45, 7) is 0.548. The smallest absolute Gasteiger partial charge is 0.233 e. The molecule has 2 aromatic heterocycles. The molecule has 0 radical (unpaired) electrons. The number of nitrogens with two attached hydrogens (primary N) is 1. The van der Waals surface area contributed by atoms with E-state index in [-0.39, 0.29) is 11.7 Å². The van der Waals surface area contributed by atoms with E-state index in [1.165, 1.54) is 29.3 Å². The highest BCUT2D eigenvalue weighted by Crippen LogP contribution is 2.23. The minimum Gasteiger partial charge on any atom is -0.381 e. The Balaban J connectivity index is 1.87. The van der Waals surface area contributed by atoms with Gasteiger partial charge in [0.2, 0.25) is 5.91 Å². The number of rotatable bonds is 5. The van der Waals surface area contributed by atoms with Gasteiger partial charge in [-0.15, -0.1) is 11.3 Å². The molecule has 0 aliphatic rings. The zero-order valence-corrected chi connectivity index (χ0v) is 13.1. The van der Waals surface area contributed by atoms with Gasteiger partial charge in [0.05, 0.1) is 16.6 Å². The Morgan fingerprint density at radius 3 is 2.85 bits per heavy atom. The third-order valence-corrected chi connectivity index (χ3v) is 4.67. The summed E-state index contributed by atoms with van der Waals surface area (Å²) in [6.07, 6.45) is 3.08. The molecule has 0 aliphatic carbocycles. The minimum atomic E-state index is 0.00424. The normalized spacial score (nSPS) is 10.5. The highest BCUT2D eigenvalue weighted by atomic mass is 35.5. The van der Waals surface area contributed by atoms with Crippen molar-refractivity contribution in [3.05, 3.63) is 33.7 Å². The Labute approximate surface area is 130 Å². The highest BCUT2D eigenvalue weighted by Gasteiger charge is 2.12. The number of anilines is 1. The lowest BCUT2D eigenvalue weighted by atomic mass is 10.4. The van der Waals surface area contributed by atoms with Crippen LogP contribution < -0.4 is 5.73 Å². The predicted octanol–water partition coefficient (Wildman–Crippen LogP) is 2.52. The Hall–Kier alpha value is -1.31. The second-order valence-electron chi connectivity index (χ2n) is 3.99. The number of carbonyl (C=O) groups is 1. The molecule has 0 spiro atoms. The second-order valence-corrected chi connectivity index (χ2v) is 6.75. The maximum atomic E-state index is 12.0. The number of thiophene rings is 1. The van der Waals surface area contributed by atoms with Crippen molar-refractivity contribution in [1.82, 2.24) is 14.9 Å². The van der Waals surface area contributed by atoms with Gasteiger partial charge in [0.15, 0.2) is 5.82 Å². The molecule has 5 nitrogen and oxygen atoms in total. The van der Waals surface area contributed by atoms with Gasteiger partial charge < -0.3 is 10.6 Å². The van der Waals surface area contributed by atoms with E-state index in [0.29, 0.717) is 17.4 Å². The summed E-state index contributed by atoms with van der Waals surface area (Å²) in [5.41, 5.74) is 5.68. The van der Waals surface area contributed by atoms with Crippen LogP contribution in [0.5, 0.6) is 0 Å². The van der Waals surface area contributed by atoms with Gasteiger partial charge in [-0.1, -0.05) is 23.4 Å². The minimum absolute atomic E-state index is 0.00424. The number of nitrogens with zero attached hydrogens (tertiary/aromatic N) is 3. The molecule has 2 heterocycles. The van der Waals surface area contributed by atoms with E-state index in [1.807, 2.05) is 12.1 Å². The third kappa shape index (κ3) is 4.09. The van der Waals surface area contributed by atoms with Crippen LogP contribution in [0.2, 0.25) is 4.34 Å². The number of hydrogen-bond acceptors (Lipinski definition) is 6. The van der Waals surface area contributed by atoms with Crippen molar-refractivity contribution in [2.75, 3.05) is 18.5 Å². The van der Waals surface area contributed by atoms with E-state index >= 15 is 0 Å². The lowest BCUT2D eigenvalue weighted by Crippen LogP contribution is -2.27. The van der Waals surface area contributed by atoms with Gasteiger partial charge in [-0.2, -0.15) is 0 Å². The number of amides is 1. The molecule has 0 atom stereocenters. The fourth-order valence-corrected chi connectivity index (χ4v) is 3.40. The summed E-state index contributed by atoms with van der Waals surface area (Å²) >= 11 is 8.62. The maximum Gasteiger partial charge on any atom is 0.233 e. The van der Waals surface area contributed by atoms with Crippen LogP contribution in [0.4, 0.5) is 5.82 Å². The molecule has 0 saturated carbocycles. The highest BCUT2D eigenvalue weighted by molar-refractivity contribution is 8.00. The summed E-state index contributed by atoms with van der Waals surface area (Å²) < 4.78 is 0.725. The first kappa shape index (κ1) is 15.1. The first-order valence-electron chi connectivity index (χ1n) is 5.73. The van der Waals surface area contributed by atoms with E-state index in [4.69, 9.17) is 17.3 Å². The Kier molecular flexibility index (Phi) is 5.22. The van der Waals surface area contributed by atoms with Crippen LogP contribution in [0.25, 0.3) is 0 Å². The summed E-state index contributed by atoms with van der Waals surface area (Å²) in [6, 6.07) is 3.75. The van der Waals surface area contributed by atoms with Gasteiger partial charge in [-0.25, -0.2) is 9.97 Å². The number of carbonyl (C=O) groups excluding carboxylic acids is 1. The van der Waals surface area contributed by atoms with Crippen LogP contribution in [-0.2, 0) is 11.3 Å². The molecule has 2 rings (SSSR count). The Bertz CT molecular complexity index is 605. The fraction of sp³-hybridized carbons (Fsp3) is 0.250.